The number of hydrogen-bond donors (Lipinski definition) is 2. The van der Waals surface area contributed by atoms with E-state index in [1.54, 1.807) is 25.1 Å². The van der Waals surface area contributed by atoms with E-state index in [4.69, 9.17) is 9.47 Å². The van der Waals surface area contributed by atoms with Crippen molar-refractivity contribution < 1.29 is 29.0 Å². The largest absolute Gasteiger partial charge is 0.508 e. The van der Waals surface area contributed by atoms with Crippen molar-refractivity contribution in [1.29, 1.82) is 0 Å². The van der Waals surface area contributed by atoms with E-state index in [1.165, 1.54) is 25.3 Å². The van der Waals surface area contributed by atoms with Crippen molar-refractivity contribution in [2.75, 3.05) is 7.05 Å². The quantitative estimate of drug-likeness (QED) is 0.149. The summed E-state index contributed by atoms with van der Waals surface area (Å²) in [5.41, 5.74) is 1.52. The molecule has 0 radical (unpaired) electrons. The molecular weight excluding hydrogens is 566 g/mol. The van der Waals surface area contributed by atoms with Gasteiger partial charge in [-0.1, -0.05) is 109 Å². The second-order valence-electron chi connectivity index (χ2n) is 13.4. The maximum Gasteiger partial charge on any atom is 0.335 e. The van der Waals surface area contributed by atoms with Crippen LogP contribution in [0.3, 0.4) is 0 Å². The lowest BCUT2D eigenvalue weighted by Gasteiger charge is -2.32. The molecule has 7 nitrogen and oxygen atoms in total. The van der Waals surface area contributed by atoms with Crippen LogP contribution in [-0.4, -0.2) is 48.1 Å². The summed E-state index contributed by atoms with van der Waals surface area (Å²) in [7, 11) is 1.53. The van der Waals surface area contributed by atoms with Crippen LogP contribution in [0.25, 0.3) is 6.08 Å². The number of phenolic OH excluding ortho intramolecular Hbond substituents is 1. The van der Waals surface area contributed by atoms with E-state index >= 15 is 0 Å². The number of ether oxygens (including phenoxy) is 2. The highest BCUT2D eigenvalue weighted by Crippen LogP contribution is 2.29. The number of allylic oxidation sites excluding steroid dienone is 1. The molecule has 2 rings (SSSR count). The molecule has 0 aliphatic carbocycles. The molecule has 0 bridgehead atoms. The SMILES string of the molecule is CNC(=O)[C@@H](c1ccc(O)cc1)C(C)C(=O)/C=C/C[C@H](OC(=O)[C@H](CC(C)C)OC(C)C(C)(C)C)[C@H](C)/C=C/c1ccccc1. The number of esters is 1. The molecule has 2 aromatic rings. The Hall–Kier alpha value is -3.71. The highest BCUT2D eigenvalue weighted by molar-refractivity contribution is 5.97. The first-order valence-electron chi connectivity index (χ1n) is 15.9. The van der Waals surface area contributed by atoms with Crippen molar-refractivity contribution >= 4 is 23.7 Å². The maximum absolute atomic E-state index is 13.6. The Morgan fingerprint density at radius 2 is 1.56 bits per heavy atom. The van der Waals surface area contributed by atoms with Crippen LogP contribution < -0.4 is 5.32 Å². The molecule has 2 aromatic carbocycles. The van der Waals surface area contributed by atoms with Gasteiger partial charge in [0.2, 0.25) is 5.91 Å². The van der Waals surface area contributed by atoms with Gasteiger partial charge in [-0.3, -0.25) is 9.59 Å². The summed E-state index contributed by atoms with van der Waals surface area (Å²) in [4.78, 5) is 39.7. The number of nitrogens with one attached hydrogen (secondary N) is 1. The minimum atomic E-state index is -0.729. The summed E-state index contributed by atoms with van der Waals surface area (Å²) in [5, 5.41) is 12.3. The van der Waals surface area contributed by atoms with Gasteiger partial charge in [-0.15, -0.1) is 0 Å². The number of rotatable bonds is 16. The molecule has 1 amide bonds. The fraction of sp³-hybridized carbons (Fsp3) is 0.500. The predicted molar refractivity (Wildman–Crippen MR) is 181 cm³/mol. The van der Waals surface area contributed by atoms with E-state index in [1.807, 2.05) is 70.2 Å². The number of hydrogen-bond acceptors (Lipinski definition) is 6. The van der Waals surface area contributed by atoms with Crippen LogP contribution in [0.2, 0.25) is 0 Å². The Labute approximate surface area is 270 Å². The van der Waals surface area contributed by atoms with E-state index in [-0.39, 0.29) is 40.8 Å². The Morgan fingerprint density at radius 1 is 0.933 bits per heavy atom. The van der Waals surface area contributed by atoms with Crippen molar-refractivity contribution in [3.8, 4) is 5.75 Å². The van der Waals surface area contributed by atoms with E-state index in [9.17, 15) is 19.5 Å². The first-order chi connectivity index (χ1) is 21.1. The van der Waals surface area contributed by atoms with Crippen LogP contribution in [0.1, 0.15) is 85.3 Å². The second-order valence-corrected chi connectivity index (χ2v) is 13.4. The van der Waals surface area contributed by atoms with Crippen LogP contribution in [0.15, 0.2) is 72.8 Å². The molecule has 0 fully saturated rings. The van der Waals surface area contributed by atoms with Crippen molar-refractivity contribution in [2.45, 2.75) is 92.5 Å². The van der Waals surface area contributed by atoms with Gasteiger partial charge in [0.15, 0.2) is 11.9 Å². The molecule has 6 atom stereocenters. The summed E-state index contributed by atoms with van der Waals surface area (Å²) in [6.45, 7) is 16.0. The highest BCUT2D eigenvalue weighted by Gasteiger charge is 2.32. The lowest BCUT2D eigenvalue weighted by molar-refractivity contribution is -0.172. The average molecular weight is 620 g/mol. The third-order valence-corrected chi connectivity index (χ3v) is 8.16. The molecular formula is C38H53NO6. The van der Waals surface area contributed by atoms with Gasteiger partial charge in [0, 0.05) is 25.3 Å². The zero-order chi connectivity index (χ0) is 33.7. The molecule has 0 aromatic heterocycles. The van der Waals surface area contributed by atoms with E-state index in [2.05, 4.69) is 26.1 Å². The minimum absolute atomic E-state index is 0.0817. The highest BCUT2D eigenvalue weighted by atomic mass is 16.6. The molecule has 0 spiro atoms. The summed E-state index contributed by atoms with van der Waals surface area (Å²) in [5.74, 6) is -2.18. The third-order valence-electron chi connectivity index (χ3n) is 8.16. The van der Waals surface area contributed by atoms with Crippen LogP contribution in [0, 0.1) is 23.2 Å². The molecule has 0 saturated heterocycles. The number of likely N-dealkylation sites (N-methyl/N-ethyl adjacent to an activating group) is 1. The molecule has 45 heavy (non-hydrogen) atoms. The van der Waals surface area contributed by atoms with Crippen molar-refractivity contribution in [2.24, 2.45) is 23.2 Å². The summed E-state index contributed by atoms with van der Waals surface area (Å²) in [6.07, 6.45) is 6.61. The van der Waals surface area contributed by atoms with Crippen molar-refractivity contribution in [1.82, 2.24) is 5.32 Å². The van der Waals surface area contributed by atoms with Crippen LogP contribution >= 0.6 is 0 Å². The van der Waals surface area contributed by atoms with Gasteiger partial charge >= 0.3 is 5.97 Å². The first kappa shape index (κ1) is 37.5. The number of ketones is 1. The molecule has 0 aliphatic rings. The fourth-order valence-electron chi connectivity index (χ4n) is 4.77. The van der Waals surface area contributed by atoms with Gasteiger partial charge in [0.25, 0.3) is 0 Å². The summed E-state index contributed by atoms with van der Waals surface area (Å²) in [6, 6.07) is 16.2. The van der Waals surface area contributed by atoms with Crippen LogP contribution in [0.4, 0.5) is 0 Å². The number of amides is 1. The van der Waals surface area contributed by atoms with Crippen LogP contribution in [0.5, 0.6) is 5.75 Å². The lowest BCUT2D eigenvalue weighted by Crippen LogP contribution is -2.38. The van der Waals surface area contributed by atoms with Gasteiger partial charge in [0.1, 0.15) is 11.9 Å². The summed E-state index contributed by atoms with van der Waals surface area (Å²) >= 11 is 0. The van der Waals surface area contributed by atoms with Gasteiger partial charge in [-0.2, -0.15) is 0 Å². The van der Waals surface area contributed by atoms with Crippen molar-refractivity contribution in [3.05, 3.63) is 84.0 Å². The Morgan fingerprint density at radius 3 is 2.11 bits per heavy atom. The first-order valence-corrected chi connectivity index (χ1v) is 15.9. The van der Waals surface area contributed by atoms with Gasteiger partial charge in [-0.25, -0.2) is 4.79 Å². The minimum Gasteiger partial charge on any atom is -0.508 e. The molecule has 246 valence electrons. The number of phenols is 1. The van der Waals surface area contributed by atoms with Crippen molar-refractivity contribution in [3.63, 3.8) is 0 Å². The Kier molecular flexibility index (Phi) is 14.7. The molecule has 2 N–H and O–H groups in total. The van der Waals surface area contributed by atoms with Crippen LogP contribution in [-0.2, 0) is 23.9 Å². The predicted octanol–water partition coefficient (Wildman–Crippen LogP) is 7.50. The Balaban J connectivity index is 2.29. The van der Waals surface area contributed by atoms with Gasteiger partial charge < -0.3 is 19.9 Å². The lowest BCUT2D eigenvalue weighted by atomic mass is 9.83. The number of benzene rings is 2. The maximum atomic E-state index is 13.6. The Bertz CT molecular complexity index is 1280. The molecule has 0 aliphatic heterocycles. The topological polar surface area (TPSA) is 102 Å². The molecule has 2 unspecified atom stereocenters. The molecule has 7 heteroatoms. The van der Waals surface area contributed by atoms with Gasteiger partial charge in [-0.05, 0) is 54.0 Å². The number of aromatic hydroxyl groups is 1. The number of carbonyl (C=O) groups excluding carboxylic acids is 3. The monoisotopic (exact) mass is 619 g/mol. The second kappa shape index (κ2) is 17.7. The standard InChI is InChI=1S/C38H53NO6/c1-25(2)24-34(44-28(5)38(6,7)8)37(43)45-33(26(3)18-19-29-14-11-10-12-15-29)17-13-16-32(41)27(4)35(36(42)39-9)30-20-22-31(40)23-21-30/h10-16,18-23,25-28,33-35,40H,17,24H2,1-9H3,(H,39,42)/b16-13+,19-18+/t26-,27?,28?,33+,34+,35-/m1/s1. The zero-order valence-electron chi connectivity index (χ0n) is 28.4. The van der Waals surface area contributed by atoms with Gasteiger partial charge in [0.05, 0.1) is 12.0 Å². The molecule has 0 saturated carbocycles. The van der Waals surface area contributed by atoms with E-state index < -0.39 is 30.0 Å². The average Bonchev–Trinajstić information content (AvgIpc) is 2.99. The summed E-state index contributed by atoms with van der Waals surface area (Å²) < 4.78 is 12.4. The van der Waals surface area contributed by atoms with E-state index in [0.717, 1.165) is 5.56 Å². The number of carbonyl (C=O) groups is 3. The van der Waals surface area contributed by atoms with E-state index in [0.29, 0.717) is 18.4 Å². The fourth-order valence-corrected chi connectivity index (χ4v) is 4.77. The third kappa shape index (κ3) is 12.3. The smallest absolute Gasteiger partial charge is 0.335 e. The zero-order valence-corrected chi connectivity index (χ0v) is 28.4. The normalized spacial score (nSPS) is 16.2. The molecule has 0 heterocycles.